The molecule has 1 saturated carbocycles. The number of carbonyl (C=O) groups excluding carboxylic acids is 1. The number of hydrogen-bond donors (Lipinski definition) is 2. The van der Waals surface area contributed by atoms with Crippen molar-refractivity contribution < 1.29 is 19.1 Å². The summed E-state index contributed by atoms with van der Waals surface area (Å²) in [7, 11) is 1.58. The minimum Gasteiger partial charge on any atom is -0.495 e. The van der Waals surface area contributed by atoms with E-state index in [-0.39, 0.29) is 24.0 Å². The van der Waals surface area contributed by atoms with E-state index in [0.717, 1.165) is 5.56 Å². The zero-order chi connectivity index (χ0) is 15.5. The maximum Gasteiger partial charge on any atom is 0.255 e. The largest absolute Gasteiger partial charge is 0.495 e. The van der Waals surface area contributed by atoms with Gasteiger partial charge in [0.25, 0.3) is 5.91 Å². The van der Waals surface area contributed by atoms with Crippen LogP contribution in [0.3, 0.4) is 0 Å². The number of aromatic nitrogens is 1. The summed E-state index contributed by atoms with van der Waals surface area (Å²) >= 11 is 0. The number of methoxy groups -OCH3 is 1. The Morgan fingerprint density at radius 2 is 2.32 bits per heavy atom. The Kier molecular flexibility index (Phi) is 4.11. The third kappa shape index (κ3) is 2.96. The van der Waals surface area contributed by atoms with Gasteiger partial charge in [-0.2, -0.15) is 0 Å². The molecule has 3 rings (SSSR count). The highest BCUT2D eigenvalue weighted by molar-refractivity contribution is 5.94. The van der Waals surface area contributed by atoms with Crippen LogP contribution in [0.1, 0.15) is 34.8 Å². The van der Waals surface area contributed by atoms with Crippen molar-refractivity contribution in [3.63, 3.8) is 0 Å². The second-order valence-corrected chi connectivity index (χ2v) is 5.51. The molecule has 0 aromatic carbocycles. The first-order chi connectivity index (χ1) is 10.7. The minimum atomic E-state index is -0.295. The molecular weight excluding hydrogens is 284 g/mol. The van der Waals surface area contributed by atoms with E-state index < -0.39 is 0 Å². The number of aliphatic hydroxyl groups excluding tert-OH is 1. The lowest BCUT2D eigenvalue weighted by Gasteiger charge is -2.38. The number of furan rings is 1. The van der Waals surface area contributed by atoms with E-state index in [1.807, 2.05) is 6.07 Å². The zero-order valence-electron chi connectivity index (χ0n) is 12.2. The van der Waals surface area contributed by atoms with Gasteiger partial charge in [0.15, 0.2) is 0 Å². The molecule has 0 bridgehead atoms. The second-order valence-electron chi connectivity index (χ2n) is 5.51. The number of hydrogen-bond acceptors (Lipinski definition) is 5. The van der Waals surface area contributed by atoms with Crippen molar-refractivity contribution >= 4 is 5.91 Å². The highest BCUT2D eigenvalue weighted by Gasteiger charge is 2.36. The Balaban J connectivity index is 1.82. The topological polar surface area (TPSA) is 84.6 Å². The van der Waals surface area contributed by atoms with E-state index in [1.54, 1.807) is 25.6 Å². The molecule has 2 aromatic rings. The monoisotopic (exact) mass is 302 g/mol. The average Bonchev–Trinajstić information content (AvgIpc) is 3.04. The van der Waals surface area contributed by atoms with E-state index in [1.165, 1.54) is 12.5 Å². The third-order valence-corrected chi connectivity index (χ3v) is 4.02. The standard InChI is InChI=1S/C16H18N2O4/c1-21-14-6-12(7-17-8-14)15(11-4-13(19)5-11)18-16(20)10-2-3-22-9-10/h2-3,6-9,11,13,15,19H,4-5H2,1H3,(H,18,20)/t11?,13?,15-/m0/s1. The number of nitrogens with zero attached hydrogens (tertiary/aromatic N) is 1. The van der Waals surface area contributed by atoms with Crippen LogP contribution in [-0.4, -0.2) is 29.2 Å². The van der Waals surface area contributed by atoms with Gasteiger partial charge in [0.05, 0.1) is 37.3 Å². The van der Waals surface area contributed by atoms with Crippen LogP contribution in [0.2, 0.25) is 0 Å². The summed E-state index contributed by atoms with van der Waals surface area (Å²) in [5, 5.41) is 12.6. The van der Waals surface area contributed by atoms with E-state index in [4.69, 9.17) is 9.15 Å². The maximum absolute atomic E-state index is 12.3. The summed E-state index contributed by atoms with van der Waals surface area (Å²) < 4.78 is 10.1. The number of aliphatic hydroxyl groups is 1. The van der Waals surface area contributed by atoms with Gasteiger partial charge in [0.1, 0.15) is 12.0 Å². The molecule has 0 spiro atoms. The van der Waals surface area contributed by atoms with Crippen molar-refractivity contribution in [2.24, 2.45) is 5.92 Å². The molecular formula is C16H18N2O4. The van der Waals surface area contributed by atoms with Crippen molar-refractivity contribution in [2.75, 3.05) is 7.11 Å². The van der Waals surface area contributed by atoms with Crippen LogP contribution in [0, 0.1) is 5.92 Å². The molecule has 2 N–H and O–H groups in total. The molecule has 1 aliphatic carbocycles. The number of pyridine rings is 1. The van der Waals surface area contributed by atoms with Crippen molar-refractivity contribution in [3.05, 3.63) is 48.2 Å². The number of carbonyl (C=O) groups is 1. The number of amides is 1. The third-order valence-electron chi connectivity index (χ3n) is 4.02. The molecule has 22 heavy (non-hydrogen) atoms. The molecule has 1 amide bonds. The Morgan fingerprint density at radius 1 is 1.50 bits per heavy atom. The highest BCUT2D eigenvalue weighted by atomic mass is 16.5. The lowest BCUT2D eigenvalue weighted by atomic mass is 9.75. The Bertz CT molecular complexity index is 635. The molecule has 2 aromatic heterocycles. The number of ether oxygens (including phenoxy) is 1. The first-order valence-electron chi connectivity index (χ1n) is 7.17. The summed E-state index contributed by atoms with van der Waals surface area (Å²) in [6.07, 6.45) is 7.23. The smallest absolute Gasteiger partial charge is 0.255 e. The van der Waals surface area contributed by atoms with Gasteiger partial charge in [0, 0.05) is 6.20 Å². The van der Waals surface area contributed by atoms with Crippen molar-refractivity contribution in [3.8, 4) is 5.75 Å². The van der Waals surface area contributed by atoms with Crippen molar-refractivity contribution in [1.82, 2.24) is 10.3 Å². The fourth-order valence-electron chi connectivity index (χ4n) is 2.71. The second kappa shape index (κ2) is 6.19. The van der Waals surface area contributed by atoms with Crippen molar-refractivity contribution in [1.29, 1.82) is 0 Å². The van der Waals surface area contributed by atoms with Gasteiger partial charge >= 0.3 is 0 Å². The Labute approximate surface area is 128 Å². The molecule has 2 heterocycles. The summed E-state index contributed by atoms with van der Waals surface area (Å²) in [5.74, 6) is 0.614. The number of rotatable bonds is 5. The quantitative estimate of drug-likeness (QED) is 0.881. The predicted octanol–water partition coefficient (Wildman–Crippen LogP) is 1.93. The summed E-state index contributed by atoms with van der Waals surface area (Å²) in [6, 6.07) is 3.26. The lowest BCUT2D eigenvalue weighted by Crippen LogP contribution is -2.41. The molecule has 1 atom stereocenters. The Hall–Kier alpha value is -2.34. The first kappa shape index (κ1) is 14.6. The Morgan fingerprint density at radius 3 is 2.95 bits per heavy atom. The molecule has 0 unspecified atom stereocenters. The van der Waals surface area contributed by atoms with E-state index in [2.05, 4.69) is 10.3 Å². The van der Waals surface area contributed by atoms with Gasteiger partial charge in [-0.1, -0.05) is 0 Å². The van der Waals surface area contributed by atoms with Crippen LogP contribution in [0.4, 0.5) is 0 Å². The first-order valence-corrected chi connectivity index (χ1v) is 7.17. The van der Waals surface area contributed by atoms with Crippen molar-refractivity contribution in [2.45, 2.75) is 25.0 Å². The van der Waals surface area contributed by atoms with Crippen LogP contribution in [0.15, 0.2) is 41.5 Å². The molecule has 0 aliphatic heterocycles. The van der Waals surface area contributed by atoms with Gasteiger partial charge in [-0.3, -0.25) is 9.78 Å². The van der Waals surface area contributed by atoms with Crippen LogP contribution in [0.25, 0.3) is 0 Å². The fraction of sp³-hybridized carbons (Fsp3) is 0.375. The summed E-state index contributed by atoms with van der Waals surface area (Å²) in [4.78, 5) is 16.4. The molecule has 6 nitrogen and oxygen atoms in total. The van der Waals surface area contributed by atoms with Gasteiger partial charge in [-0.25, -0.2) is 0 Å². The normalized spacial score (nSPS) is 21.7. The number of nitrogens with one attached hydrogen (secondary N) is 1. The summed E-state index contributed by atoms with van der Waals surface area (Å²) in [6.45, 7) is 0. The van der Waals surface area contributed by atoms with E-state index >= 15 is 0 Å². The van der Waals surface area contributed by atoms with Crippen LogP contribution in [-0.2, 0) is 0 Å². The highest BCUT2D eigenvalue weighted by Crippen LogP contribution is 2.38. The minimum absolute atomic E-state index is 0.180. The summed E-state index contributed by atoms with van der Waals surface area (Å²) in [5.41, 5.74) is 1.34. The van der Waals surface area contributed by atoms with Crippen LogP contribution >= 0.6 is 0 Å². The molecule has 6 heteroatoms. The molecule has 0 radical (unpaired) electrons. The van der Waals surface area contributed by atoms with E-state index in [0.29, 0.717) is 24.2 Å². The SMILES string of the molecule is COc1cncc([C@@H](NC(=O)c2ccoc2)C2CC(O)C2)c1. The van der Waals surface area contributed by atoms with Gasteiger partial charge in [-0.05, 0) is 36.5 Å². The van der Waals surface area contributed by atoms with Crippen LogP contribution in [0.5, 0.6) is 5.75 Å². The predicted molar refractivity (Wildman–Crippen MR) is 78.4 cm³/mol. The molecule has 1 fully saturated rings. The zero-order valence-corrected chi connectivity index (χ0v) is 12.2. The lowest BCUT2D eigenvalue weighted by molar-refractivity contribution is 0.0234. The van der Waals surface area contributed by atoms with Gasteiger partial charge in [-0.15, -0.1) is 0 Å². The van der Waals surface area contributed by atoms with Gasteiger partial charge < -0.3 is 19.6 Å². The maximum atomic E-state index is 12.3. The average molecular weight is 302 g/mol. The van der Waals surface area contributed by atoms with E-state index in [9.17, 15) is 9.90 Å². The fourth-order valence-corrected chi connectivity index (χ4v) is 2.71. The molecule has 0 saturated heterocycles. The van der Waals surface area contributed by atoms with Gasteiger partial charge in [0.2, 0.25) is 0 Å². The van der Waals surface area contributed by atoms with Crippen LogP contribution < -0.4 is 10.1 Å². The molecule has 116 valence electrons. The molecule has 1 aliphatic rings.